The molecule has 2 rings (SSSR count). The van der Waals surface area contributed by atoms with E-state index in [-0.39, 0.29) is 37.1 Å². The Morgan fingerprint density at radius 2 is 1.83 bits per heavy atom. The van der Waals surface area contributed by atoms with E-state index >= 15 is 0 Å². The van der Waals surface area contributed by atoms with Crippen LogP contribution in [-0.2, 0) is 4.74 Å². The first kappa shape index (κ1) is 21.9. The average Bonchev–Trinajstić information content (AvgIpc) is 3.01. The van der Waals surface area contributed by atoms with Crippen LogP contribution in [0.15, 0.2) is 36.9 Å². The molecule has 1 amide bonds. The van der Waals surface area contributed by atoms with Crippen molar-refractivity contribution in [3.05, 3.63) is 65.0 Å². The molecule has 0 bridgehead atoms. The van der Waals surface area contributed by atoms with Crippen molar-refractivity contribution >= 4 is 17.7 Å². The number of benzene rings is 1. The molecule has 0 saturated carbocycles. The van der Waals surface area contributed by atoms with Crippen LogP contribution in [-0.4, -0.2) is 54.3 Å². The van der Waals surface area contributed by atoms with E-state index in [0.717, 1.165) is 0 Å². The normalized spacial score (nSPS) is 10.3. The van der Waals surface area contributed by atoms with Crippen LogP contribution >= 0.6 is 0 Å². The van der Waals surface area contributed by atoms with Gasteiger partial charge in [-0.15, -0.1) is 6.58 Å². The molecule has 1 aromatic carbocycles. The van der Waals surface area contributed by atoms with Crippen LogP contribution in [0.25, 0.3) is 0 Å². The zero-order valence-electron chi connectivity index (χ0n) is 17.2. The van der Waals surface area contributed by atoms with Gasteiger partial charge in [-0.3, -0.25) is 9.59 Å². The number of hydrogen-bond acceptors (Lipinski definition) is 5. The van der Waals surface area contributed by atoms with Gasteiger partial charge in [0, 0.05) is 23.4 Å². The van der Waals surface area contributed by atoms with Crippen LogP contribution in [0.4, 0.5) is 0 Å². The molecule has 29 heavy (non-hydrogen) atoms. The van der Waals surface area contributed by atoms with Crippen LogP contribution in [0.1, 0.15) is 49.4 Å². The second-order valence-corrected chi connectivity index (χ2v) is 6.47. The Kier molecular flexibility index (Phi) is 7.36. The van der Waals surface area contributed by atoms with Crippen LogP contribution in [0.3, 0.4) is 0 Å². The van der Waals surface area contributed by atoms with Gasteiger partial charge in [0.15, 0.2) is 5.78 Å². The van der Waals surface area contributed by atoms with Gasteiger partial charge in [0.25, 0.3) is 5.91 Å². The van der Waals surface area contributed by atoms with Crippen molar-refractivity contribution in [3.63, 3.8) is 0 Å². The number of nitrogens with one attached hydrogen (secondary N) is 1. The van der Waals surface area contributed by atoms with Gasteiger partial charge in [-0.1, -0.05) is 6.08 Å². The summed E-state index contributed by atoms with van der Waals surface area (Å²) in [6.45, 7) is 9.10. The molecule has 2 aromatic rings. The maximum Gasteiger partial charge on any atom is 0.355 e. The number of ketones is 1. The molecule has 0 aliphatic carbocycles. The van der Waals surface area contributed by atoms with Crippen molar-refractivity contribution in [2.24, 2.45) is 0 Å². The molecule has 0 radical (unpaired) electrons. The van der Waals surface area contributed by atoms with Gasteiger partial charge < -0.3 is 19.4 Å². The van der Waals surface area contributed by atoms with Crippen molar-refractivity contribution in [1.29, 1.82) is 0 Å². The number of carbonyl (C=O) groups excluding carboxylic acids is 3. The van der Waals surface area contributed by atoms with Crippen molar-refractivity contribution < 1.29 is 23.9 Å². The topological polar surface area (TPSA) is 88.7 Å². The van der Waals surface area contributed by atoms with Crippen molar-refractivity contribution in [3.8, 4) is 5.75 Å². The Morgan fingerprint density at radius 3 is 2.38 bits per heavy atom. The van der Waals surface area contributed by atoms with E-state index in [1.807, 2.05) is 0 Å². The maximum absolute atomic E-state index is 13.0. The number of rotatable bonds is 9. The number of methoxy groups -OCH3 is 1. The predicted molar refractivity (Wildman–Crippen MR) is 110 cm³/mol. The second kappa shape index (κ2) is 9.73. The van der Waals surface area contributed by atoms with E-state index in [4.69, 9.17) is 9.47 Å². The summed E-state index contributed by atoms with van der Waals surface area (Å²) >= 11 is 0. The van der Waals surface area contributed by atoms with Gasteiger partial charge in [0.05, 0.1) is 20.3 Å². The van der Waals surface area contributed by atoms with Crippen LogP contribution in [0.2, 0.25) is 0 Å². The molecular weight excluding hydrogens is 372 g/mol. The molecule has 0 aliphatic rings. The molecule has 0 atom stereocenters. The van der Waals surface area contributed by atoms with Gasteiger partial charge in [-0.2, -0.15) is 0 Å². The van der Waals surface area contributed by atoms with Crippen molar-refractivity contribution in [2.75, 3.05) is 26.8 Å². The van der Waals surface area contributed by atoms with E-state index in [1.54, 1.807) is 58.2 Å². The minimum Gasteiger partial charge on any atom is -0.497 e. The first-order valence-electron chi connectivity index (χ1n) is 9.27. The highest BCUT2D eigenvalue weighted by Crippen LogP contribution is 2.20. The summed E-state index contributed by atoms with van der Waals surface area (Å²) in [7, 11) is 1.55. The lowest BCUT2D eigenvalue weighted by atomic mass is 10.0. The molecule has 7 heteroatoms. The summed E-state index contributed by atoms with van der Waals surface area (Å²) in [6, 6.07) is 6.67. The molecule has 1 N–H and O–H groups in total. The Bertz CT molecular complexity index is 912. The molecule has 0 saturated heterocycles. The molecule has 1 heterocycles. The molecule has 7 nitrogen and oxygen atoms in total. The molecule has 154 valence electrons. The minimum atomic E-state index is -0.510. The first-order valence-corrected chi connectivity index (χ1v) is 9.27. The number of hydrogen-bond donors (Lipinski definition) is 1. The maximum atomic E-state index is 13.0. The Morgan fingerprint density at radius 1 is 1.17 bits per heavy atom. The number of ether oxygens (including phenoxy) is 2. The van der Waals surface area contributed by atoms with Gasteiger partial charge in [-0.05, 0) is 50.6 Å². The fourth-order valence-corrected chi connectivity index (χ4v) is 3.12. The Balaban J connectivity index is 2.26. The third-order valence-electron chi connectivity index (χ3n) is 4.50. The lowest BCUT2D eigenvalue weighted by Gasteiger charge is -2.21. The van der Waals surface area contributed by atoms with Crippen molar-refractivity contribution in [1.82, 2.24) is 9.88 Å². The summed E-state index contributed by atoms with van der Waals surface area (Å²) in [5.74, 6) is -0.435. The summed E-state index contributed by atoms with van der Waals surface area (Å²) < 4.78 is 10.1. The standard InChI is InChI=1S/C22H26N2O5/c1-6-12-24(21(26)16-8-10-17(28-5)11-9-16)13-18(25)19-14(3)20(23-15(19)4)22(27)29-7-2/h6,8-11,23H,1,7,12-13H2,2-5H3. The summed E-state index contributed by atoms with van der Waals surface area (Å²) in [6.07, 6.45) is 1.57. The zero-order chi connectivity index (χ0) is 21.6. The number of Topliss-reactive ketones (excluding diaryl/α,β-unsaturated/α-hetero) is 1. The van der Waals surface area contributed by atoms with Gasteiger partial charge in [0.1, 0.15) is 11.4 Å². The number of H-pyrrole nitrogens is 1. The predicted octanol–water partition coefficient (Wildman–Crippen LogP) is 3.33. The molecule has 0 spiro atoms. The largest absolute Gasteiger partial charge is 0.497 e. The number of esters is 1. The molecule has 0 aliphatic heterocycles. The fraction of sp³-hybridized carbons (Fsp3) is 0.318. The second-order valence-electron chi connectivity index (χ2n) is 6.47. The number of aromatic amines is 1. The molecule has 0 fully saturated rings. The monoisotopic (exact) mass is 398 g/mol. The number of nitrogens with zero attached hydrogens (tertiary/aromatic N) is 1. The highest BCUT2D eigenvalue weighted by Gasteiger charge is 2.25. The zero-order valence-corrected chi connectivity index (χ0v) is 17.2. The van der Waals surface area contributed by atoms with Crippen LogP contribution in [0.5, 0.6) is 5.75 Å². The first-order chi connectivity index (χ1) is 13.8. The third kappa shape index (κ3) is 4.93. The smallest absolute Gasteiger partial charge is 0.355 e. The molecule has 0 unspecified atom stereocenters. The summed E-state index contributed by atoms with van der Waals surface area (Å²) in [5.41, 5.74) is 2.16. The Labute approximate surface area is 170 Å². The van der Waals surface area contributed by atoms with E-state index < -0.39 is 5.97 Å². The highest BCUT2D eigenvalue weighted by molar-refractivity contribution is 6.05. The lowest BCUT2D eigenvalue weighted by Crippen LogP contribution is -2.36. The quantitative estimate of drug-likeness (QED) is 0.398. The van der Waals surface area contributed by atoms with E-state index in [0.29, 0.717) is 28.1 Å². The van der Waals surface area contributed by atoms with Gasteiger partial charge in [0.2, 0.25) is 0 Å². The number of carbonyl (C=O) groups is 3. The highest BCUT2D eigenvalue weighted by atomic mass is 16.5. The lowest BCUT2D eigenvalue weighted by molar-refractivity contribution is 0.0519. The number of aryl methyl sites for hydroxylation is 1. The fourth-order valence-electron chi connectivity index (χ4n) is 3.12. The SMILES string of the molecule is C=CCN(CC(=O)c1c(C)[nH]c(C(=O)OCC)c1C)C(=O)c1ccc(OC)cc1. The van der Waals surface area contributed by atoms with Crippen molar-refractivity contribution in [2.45, 2.75) is 20.8 Å². The summed E-state index contributed by atoms with van der Waals surface area (Å²) in [4.78, 5) is 42.3. The molecular formula is C22H26N2O5. The molecule has 1 aromatic heterocycles. The summed E-state index contributed by atoms with van der Waals surface area (Å²) in [5, 5.41) is 0. The van der Waals surface area contributed by atoms with Gasteiger partial charge in [-0.25, -0.2) is 4.79 Å². The van der Waals surface area contributed by atoms with Crippen LogP contribution < -0.4 is 4.74 Å². The van der Waals surface area contributed by atoms with Crippen LogP contribution in [0, 0.1) is 13.8 Å². The minimum absolute atomic E-state index is 0.140. The van der Waals surface area contributed by atoms with Gasteiger partial charge >= 0.3 is 5.97 Å². The Hall–Kier alpha value is -3.35. The average molecular weight is 398 g/mol. The third-order valence-corrected chi connectivity index (χ3v) is 4.50. The van der Waals surface area contributed by atoms with E-state index in [9.17, 15) is 14.4 Å². The number of aromatic nitrogens is 1. The number of amides is 1. The van der Waals surface area contributed by atoms with E-state index in [1.165, 1.54) is 4.90 Å². The van der Waals surface area contributed by atoms with E-state index in [2.05, 4.69) is 11.6 Å².